The lowest BCUT2D eigenvalue weighted by Gasteiger charge is -2.08. The van der Waals surface area contributed by atoms with Crippen molar-refractivity contribution < 1.29 is 9.72 Å². The lowest BCUT2D eigenvalue weighted by molar-refractivity contribution is -0.386. The lowest BCUT2D eigenvalue weighted by atomic mass is 10.0. The molecule has 0 saturated carbocycles. The highest BCUT2D eigenvalue weighted by atomic mass is 79.9. The van der Waals surface area contributed by atoms with Gasteiger partial charge in [0.1, 0.15) is 0 Å². The topological polar surface area (TPSA) is 86.2 Å². The molecule has 1 aromatic rings. The number of hydrogen-bond acceptors (Lipinski definition) is 3. The van der Waals surface area contributed by atoms with Gasteiger partial charge in [-0.1, -0.05) is 15.9 Å². The fourth-order valence-corrected chi connectivity index (χ4v) is 2.90. The van der Waals surface area contributed by atoms with Gasteiger partial charge in [-0.2, -0.15) is 0 Å². The van der Waals surface area contributed by atoms with Crippen LogP contribution in [0.4, 0.5) is 5.69 Å². The van der Waals surface area contributed by atoms with Crippen LogP contribution in [0.3, 0.4) is 0 Å². The fourth-order valence-electron chi connectivity index (χ4n) is 2.29. The maximum atomic E-state index is 11.1. The summed E-state index contributed by atoms with van der Waals surface area (Å²) in [5.41, 5.74) is 7.33. The first-order valence-electron chi connectivity index (χ1n) is 5.26. The second-order valence-corrected chi connectivity index (χ2v) is 4.93. The van der Waals surface area contributed by atoms with Gasteiger partial charge in [-0.3, -0.25) is 14.9 Å². The average molecular weight is 299 g/mol. The van der Waals surface area contributed by atoms with Crippen LogP contribution in [0.5, 0.6) is 0 Å². The van der Waals surface area contributed by atoms with Gasteiger partial charge in [0, 0.05) is 10.0 Å². The quantitative estimate of drug-likeness (QED) is 0.683. The number of carbonyl (C=O) groups excluding carboxylic acids is 1. The molecule has 1 aliphatic carbocycles. The third-order valence-corrected chi connectivity index (χ3v) is 3.66. The molecule has 17 heavy (non-hydrogen) atoms. The third-order valence-electron chi connectivity index (χ3n) is 2.96. The van der Waals surface area contributed by atoms with Crippen molar-refractivity contribution in [3.8, 4) is 0 Å². The summed E-state index contributed by atoms with van der Waals surface area (Å²) >= 11 is 3.29. The van der Waals surface area contributed by atoms with E-state index in [1.165, 1.54) is 0 Å². The first-order chi connectivity index (χ1) is 8.00. The van der Waals surface area contributed by atoms with Gasteiger partial charge < -0.3 is 5.73 Å². The normalized spacial score (nSPS) is 13.5. The van der Waals surface area contributed by atoms with Crippen LogP contribution in [0, 0.1) is 10.1 Å². The Kier molecular flexibility index (Phi) is 3.15. The monoisotopic (exact) mass is 298 g/mol. The van der Waals surface area contributed by atoms with Crippen molar-refractivity contribution in [1.29, 1.82) is 0 Å². The summed E-state index contributed by atoms with van der Waals surface area (Å²) in [4.78, 5) is 21.7. The Balaban J connectivity index is 2.64. The van der Waals surface area contributed by atoms with E-state index >= 15 is 0 Å². The molecule has 1 aliphatic rings. The number of primary amides is 1. The highest BCUT2D eigenvalue weighted by molar-refractivity contribution is 9.10. The molecule has 2 N–H and O–H groups in total. The van der Waals surface area contributed by atoms with Gasteiger partial charge in [0.2, 0.25) is 5.91 Å². The number of fused-ring (bicyclic) bond motifs is 1. The van der Waals surface area contributed by atoms with Crippen LogP contribution in [0.25, 0.3) is 0 Å². The van der Waals surface area contributed by atoms with Crippen LogP contribution in [-0.4, -0.2) is 10.8 Å². The number of nitro benzene ring substituents is 1. The Morgan fingerprint density at radius 1 is 1.53 bits per heavy atom. The molecule has 0 radical (unpaired) electrons. The number of benzene rings is 1. The highest BCUT2D eigenvalue weighted by Gasteiger charge is 2.28. The van der Waals surface area contributed by atoms with Crippen LogP contribution in [-0.2, 0) is 24.1 Å². The molecule has 5 nitrogen and oxygen atoms in total. The van der Waals surface area contributed by atoms with Gasteiger partial charge in [0.25, 0.3) is 5.69 Å². The Labute approximate surface area is 106 Å². The van der Waals surface area contributed by atoms with E-state index in [1.807, 2.05) is 6.07 Å². The van der Waals surface area contributed by atoms with Crippen molar-refractivity contribution in [3.63, 3.8) is 0 Å². The zero-order valence-corrected chi connectivity index (χ0v) is 10.6. The van der Waals surface area contributed by atoms with Crippen LogP contribution in [0.1, 0.15) is 23.1 Å². The molecule has 2 rings (SSSR count). The molecular weight excluding hydrogens is 288 g/mol. The molecule has 0 unspecified atom stereocenters. The third kappa shape index (κ3) is 2.17. The fraction of sp³-hybridized carbons (Fsp3) is 0.364. The van der Waals surface area contributed by atoms with Gasteiger partial charge in [-0.15, -0.1) is 0 Å². The van der Waals surface area contributed by atoms with E-state index in [0.29, 0.717) is 16.5 Å². The van der Waals surface area contributed by atoms with Gasteiger partial charge in [0.05, 0.1) is 16.9 Å². The minimum atomic E-state index is -0.563. The van der Waals surface area contributed by atoms with Crippen molar-refractivity contribution in [2.45, 2.75) is 25.7 Å². The Morgan fingerprint density at radius 2 is 2.24 bits per heavy atom. The first kappa shape index (κ1) is 12.0. The van der Waals surface area contributed by atoms with Gasteiger partial charge in [-0.25, -0.2) is 0 Å². The summed E-state index contributed by atoms with van der Waals surface area (Å²) in [6.07, 6.45) is 2.36. The zero-order valence-electron chi connectivity index (χ0n) is 9.03. The second kappa shape index (κ2) is 4.44. The maximum absolute atomic E-state index is 11.1. The Bertz CT molecular complexity index is 514. The number of rotatable bonds is 3. The van der Waals surface area contributed by atoms with E-state index in [-0.39, 0.29) is 12.1 Å². The number of nitrogens with zero attached hydrogens (tertiary/aromatic N) is 1. The number of nitro groups is 1. The van der Waals surface area contributed by atoms with E-state index in [4.69, 9.17) is 5.73 Å². The minimum Gasteiger partial charge on any atom is -0.369 e. The van der Waals surface area contributed by atoms with E-state index in [0.717, 1.165) is 24.0 Å². The Hall–Kier alpha value is -1.43. The number of halogens is 1. The first-order valence-corrected chi connectivity index (χ1v) is 6.06. The predicted octanol–water partition coefficient (Wildman–Crippen LogP) is 1.87. The van der Waals surface area contributed by atoms with E-state index in [2.05, 4.69) is 15.9 Å². The molecule has 0 spiro atoms. The molecule has 1 aromatic carbocycles. The van der Waals surface area contributed by atoms with Crippen LogP contribution >= 0.6 is 15.9 Å². The van der Waals surface area contributed by atoms with Crippen LogP contribution in [0.2, 0.25) is 0 Å². The summed E-state index contributed by atoms with van der Waals surface area (Å²) in [6.45, 7) is 0. The van der Waals surface area contributed by atoms with Crippen LogP contribution < -0.4 is 5.73 Å². The van der Waals surface area contributed by atoms with E-state index in [9.17, 15) is 14.9 Å². The molecule has 0 aromatic heterocycles. The van der Waals surface area contributed by atoms with Gasteiger partial charge in [0.15, 0.2) is 0 Å². The molecular formula is C11H11BrN2O3. The number of nitrogens with two attached hydrogens (primary N) is 1. The molecule has 0 heterocycles. The summed E-state index contributed by atoms with van der Waals surface area (Å²) in [7, 11) is 0. The van der Waals surface area contributed by atoms with Crippen molar-refractivity contribution in [3.05, 3.63) is 37.3 Å². The zero-order chi connectivity index (χ0) is 12.6. The molecule has 0 fully saturated rings. The van der Waals surface area contributed by atoms with Crippen molar-refractivity contribution in [1.82, 2.24) is 0 Å². The minimum absolute atomic E-state index is 0.0608. The average Bonchev–Trinajstić information content (AvgIpc) is 2.64. The summed E-state index contributed by atoms with van der Waals surface area (Å²) in [6, 6.07) is 1.87. The van der Waals surface area contributed by atoms with E-state index < -0.39 is 10.8 Å². The molecule has 1 amide bonds. The summed E-state index contributed by atoms with van der Waals surface area (Å²) < 4.78 is 0.601. The van der Waals surface area contributed by atoms with Crippen LogP contribution in [0.15, 0.2) is 10.5 Å². The number of hydrogen-bond donors (Lipinski definition) is 1. The maximum Gasteiger partial charge on any atom is 0.277 e. The SMILES string of the molecule is NC(=O)Cc1c(Br)cc2c(c1[N+](=O)[O-])CCC2. The molecule has 0 saturated heterocycles. The molecule has 6 heteroatoms. The predicted molar refractivity (Wildman–Crippen MR) is 65.7 cm³/mol. The lowest BCUT2D eigenvalue weighted by Crippen LogP contribution is -2.16. The highest BCUT2D eigenvalue weighted by Crippen LogP contribution is 2.38. The van der Waals surface area contributed by atoms with Gasteiger partial charge >= 0.3 is 0 Å². The Morgan fingerprint density at radius 3 is 2.82 bits per heavy atom. The summed E-state index contributed by atoms with van der Waals surface area (Å²) in [5, 5.41) is 11.1. The van der Waals surface area contributed by atoms with Crippen molar-refractivity contribution in [2.75, 3.05) is 0 Å². The second-order valence-electron chi connectivity index (χ2n) is 4.08. The number of amides is 1. The van der Waals surface area contributed by atoms with Crippen molar-refractivity contribution in [2.24, 2.45) is 5.73 Å². The molecule has 0 aliphatic heterocycles. The largest absolute Gasteiger partial charge is 0.369 e. The number of carbonyl (C=O) groups is 1. The molecule has 90 valence electrons. The van der Waals surface area contributed by atoms with E-state index in [1.54, 1.807) is 0 Å². The van der Waals surface area contributed by atoms with Gasteiger partial charge in [-0.05, 0) is 30.9 Å². The summed E-state index contributed by atoms with van der Waals surface area (Å²) in [5.74, 6) is -0.563. The van der Waals surface area contributed by atoms with Crippen molar-refractivity contribution >= 4 is 27.5 Å². The molecule has 0 atom stereocenters. The standard InChI is InChI=1S/C11H11BrN2O3/c12-9-4-6-2-1-3-7(6)11(14(16)17)8(9)5-10(13)15/h4H,1-3,5H2,(H2,13,15). The molecule has 0 bridgehead atoms. The smallest absolute Gasteiger partial charge is 0.277 e. The number of aryl methyl sites for hydroxylation is 1.